The topological polar surface area (TPSA) is 113 Å². The number of ketones is 1. The molecule has 0 aliphatic carbocycles. The van der Waals surface area contributed by atoms with Crippen LogP contribution in [0.2, 0.25) is 0 Å². The van der Waals surface area contributed by atoms with Crippen LogP contribution in [0.1, 0.15) is 22.8 Å². The van der Waals surface area contributed by atoms with Crippen molar-refractivity contribution in [1.82, 2.24) is 0 Å². The molecule has 0 bridgehead atoms. The Hall–Kier alpha value is -4.66. The van der Waals surface area contributed by atoms with Crippen LogP contribution in [0.15, 0.2) is 84.0 Å². The highest BCUT2D eigenvalue weighted by molar-refractivity contribution is 6.34. The number of Topliss-reactive ketones (excluding diaryl/α,β-unsaturated/α-hetero) is 1. The van der Waals surface area contributed by atoms with Crippen molar-refractivity contribution >= 4 is 40.4 Å². The fraction of sp³-hybridized carbons (Fsp3) is 0.120. The zero-order valence-corrected chi connectivity index (χ0v) is 18.0. The second kappa shape index (κ2) is 8.04. The van der Waals surface area contributed by atoms with E-state index in [1.165, 1.54) is 36.2 Å². The molecule has 2 heterocycles. The number of benzene rings is 3. The number of anilines is 2. The lowest BCUT2D eigenvalue weighted by Crippen LogP contribution is -2.39. The fourth-order valence-corrected chi connectivity index (χ4v) is 4.30. The highest BCUT2D eigenvalue weighted by atomic mass is 16.6. The van der Waals surface area contributed by atoms with E-state index in [2.05, 4.69) is 5.10 Å². The van der Waals surface area contributed by atoms with E-state index in [0.29, 0.717) is 28.2 Å². The van der Waals surface area contributed by atoms with Crippen LogP contribution in [0.3, 0.4) is 0 Å². The Kier molecular flexibility index (Phi) is 5.01. The third-order valence-corrected chi connectivity index (χ3v) is 5.98. The minimum atomic E-state index is -0.896. The van der Waals surface area contributed by atoms with E-state index in [1.54, 1.807) is 36.4 Å². The predicted octanol–water partition coefficient (Wildman–Crippen LogP) is 3.58. The van der Waals surface area contributed by atoms with E-state index in [1.807, 2.05) is 18.2 Å². The number of hydrogen-bond acceptors (Lipinski definition) is 7. The molecule has 34 heavy (non-hydrogen) atoms. The third-order valence-electron chi connectivity index (χ3n) is 5.98. The van der Waals surface area contributed by atoms with Gasteiger partial charge in [0.1, 0.15) is 12.0 Å². The van der Waals surface area contributed by atoms with Crippen molar-refractivity contribution in [1.29, 1.82) is 0 Å². The summed E-state index contributed by atoms with van der Waals surface area (Å²) < 4.78 is 0. The lowest BCUT2D eigenvalue weighted by Gasteiger charge is -2.22. The average Bonchev–Trinajstić information content (AvgIpc) is 3.36. The molecule has 2 amide bonds. The normalized spacial score (nSPS) is 19.3. The molecule has 3 aromatic carbocycles. The quantitative estimate of drug-likeness (QED) is 0.252. The summed E-state index contributed by atoms with van der Waals surface area (Å²) >= 11 is 0. The first-order valence-corrected chi connectivity index (χ1v) is 10.5. The van der Waals surface area contributed by atoms with Crippen LogP contribution in [0.25, 0.3) is 0 Å². The molecule has 9 nitrogen and oxygen atoms in total. The Morgan fingerprint density at radius 1 is 0.882 bits per heavy atom. The summed E-state index contributed by atoms with van der Waals surface area (Å²) in [5, 5.41) is 17.2. The van der Waals surface area contributed by atoms with E-state index in [-0.39, 0.29) is 11.5 Å². The number of fused-ring (bicyclic) bond motifs is 1. The molecular weight excluding hydrogens is 436 g/mol. The number of carbonyl (C=O) groups is 3. The maximum absolute atomic E-state index is 13.6. The van der Waals surface area contributed by atoms with Crippen molar-refractivity contribution < 1.29 is 19.3 Å². The van der Waals surface area contributed by atoms with E-state index < -0.39 is 28.7 Å². The zero-order valence-electron chi connectivity index (χ0n) is 18.0. The Labute approximate surface area is 194 Å². The molecule has 1 fully saturated rings. The molecule has 2 aliphatic heterocycles. The minimum absolute atomic E-state index is 0.0835. The van der Waals surface area contributed by atoms with Gasteiger partial charge in [0.15, 0.2) is 5.78 Å². The van der Waals surface area contributed by atoms with Gasteiger partial charge in [0.25, 0.3) is 11.6 Å². The second-order valence-corrected chi connectivity index (χ2v) is 8.01. The molecule has 2 aliphatic rings. The fourth-order valence-electron chi connectivity index (χ4n) is 4.30. The molecule has 0 radical (unpaired) electrons. The van der Waals surface area contributed by atoms with Gasteiger partial charge in [0, 0.05) is 17.7 Å². The number of carbonyl (C=O) groups excluding carboxylic acids is 3. The highest BCUT2D eigenvalue weighted by Gasteiger charge is 2.57. The predicted molar refractivity (Wildman–Crippen MR) is 125 cm³/mol. The maximum atomic E-state index is 13.6. The van der Waals surface area contributed by atoms with E-state index in [0.717, 1.165) is 4.90 Å². The van der Waals surface area contributed by atoms with Crippen molar-refractivity contribution in [2.45, 2.75) is 13.0 Å². The standard InChI is InChI=1S/C25H18N4O5/c1-15(30)16-7-11-18(12-8-16)27-24(31)21-22(17-9-13-20(14-10-17)29(33)34)26-28(23(21)25(27)32)19-5-3-2-4-6-19/h2-14,21,23H,1H3/t21-,23+/m0/s1. The van der Waals surface area contributed by atoms with Crippen LogP contribution < -0.4 is 9.91 Å². The molecule has 0 saturated carbocycles. The smallest absolute Gasteiger partial charge is 0.269 e. The molecule has 168 valence electrons. The molecule has 0 aromatic heterocycles. The molecule has 1 saturated heterocycles. The van der Waals surface area contributed by atoms with Crippen molar-refractivity contribution in [3.8, 4) is 0 Å². The van der Waals surface area contributed by atoms with Crippen LogP contribution >= 0.6 is 0 Å². The average molecular weight is 454 g/mol. The summed E-state index contributed by atoms with van der Waals surface area (Å²) in [5.41, 5.74) is 2.29. The number of non-ortho nitro benzene ring substituents is 1. The summed E-state index contributed by atoms with van der Waals surface area (Å²) in [4.78, 5) is 50.4. The lowest BCUT2D eigenvalue weighted by atomic mass is 9.92. The monoisotopic (exact) mass is 454 g/mol. The van der Waals surface area contributed by atoms with Gasteiger partial charge in [-0.2, -0.15) is 5.10 Å². The first-order chi connectivity index (χ1) is 16.4. The number of hydrogen-bond donors (Lipinski definition) is 0. The van der Waals surface area contributed by atoms with E-state index in [4.69, 9.17) is 0 Å². The molecule has 0 spiro atoms. The number of imide groups is 1. The molecule has 3 aromatic rings. The van der Waals surface area contributed by atoms with Gasteiger partial charge in [-0.15, -0.1) is 0 Å². The number of nitro groups is 1. The van der Waals surface area contributed by atoms with Gasteiger partial charge < -0.3 is 0 Å². The minimum Gasteiger partial charge on any atom is -0.295 e. The van der Waals surface area contributed by atoms with Gasteiger partial charge in [-0.3, -0.25) is 29.5 Å². The van der Waals surface area contributed by atoms with E-state index >= 15 is 0 Å². The third kappa shape index (κ3) is 3.34. The van der Waals surface area contributed by atoms with Gasteiger partial charge in [-0.1, -0.05) is 18.2 Å². The summed E-state index contributed by atoms with van der Waals surface area (Å²) in [6.07, 6.45) is 0. The van der Waals surface area contributed by atoms with Crippen LogP contribution in [0.4, 0.5) is 17.1 Å². The van der Waals surface area contributed by atoms with Crippen LogP contribution in [-0.4, -0.2) is 34.3 Å². The summed E-state index contributed by atoms with van der Waals surface area (Å²) in [6.45, 7) is 1.44. The molecule has 5 rings (SSSR count). The second-order valence-electron chi connectivity index (χ2n) is 8.01. The Morgan fingerprint density at radius 3 is 2.12 bits per heavy atom. The number of para-hydroxylation sites is 1. The molecule has 2 atom stereocenters. The van der Waals surface area contributed by atoms with Crippen molar-refractivity contribution in [3.05, 3.63) is 100 Å². The van der Waals surface area contributed by atoms with Gasteiger partial charge in [-0.25, -0.2) is 4.90 Å². The molecule has 0 unspecified atom stereocenters. The number of amides is 2. The summed E-state index contributed by atoms with van der Waals surface area (Å²) in [6, 6.07) is 20.2. The Bertz CT molecular complexity index is 1350. The summed E-state index contributed by atoms with van der Waals surface area (Å²) in [7, 11) is 0. The number of nitro benzene ring substituents is 1. The van der Waals surface area contributed by atoms with Crippen LogP contribution in [0.5, 0.6) is 0 Å². The van der Waals surface area contributed by atoms with Gasteiger partial charge in [0.05, 0.1) is 22.0 Å². The Morgan fingerprint density at radius 2 is 1.53 bits per heavy atom. The van der Waals surface area contributed by atoms with Crippen LogP contribution in [-0.2, 0) is 9.59 Å². The first kappa shape index (κ1) is 21.2. The number of hydrazone groups is 1. The van der Waals surface area contributed by atoms with E-state index in [9.17, 15) is 24.5 Å². The molecule has 9 heteroatoms. The molecule has 0 N–H and O–H groups in total. The van der Waals surface area contributed by atoms with Gasteiger partial charge >= 0.3 is 0 Å². The number of rotatable bonds is 5. The zero-order chi connectivity index (χ0) is 24.0. The van der Waals surface area contributed by atoms with Crippen molar-refractivity contribution in [2.24, 2.45) is 11.0 Å². The summed E-state index contributed by atoms with van der Waals surface area (Å²) in [5.74, 6) is -1.89. The molecular formula is C25H18N4O5. The number of nitrogens with zero attached hydrogens (tertiary/aromatic N) is 4. The van der Waals surface area contributed by atoms with Crippen LogP contribution in [0, 0.1) is 16.0 Å². The van der Waals surface area contributed by atoms with Gasteiger partial charge in [0.2, 0.25) is 5.91 Å². The highest BCUT2D eigenvalue weighted by Crippen LogP contribution is 2.39. The van der Waals surface area contributed by atoms with Crippen molar-refractivity contribution in [3.63, 3.8) is 0 Å². The van der Waals surface area contributed by atoms with Gasteiger partial charge in [-0.05, 0) is 61.0 Å². The largest absolute Gasteiger partial charge is 0.295 e. The first-order valence-electron chi connectivity index (χ1n) is 10.5. The van der Waals surface area contributed by atoms with Crippen molar-refractivity contribution in [2.75, 3.05) is 9.91 Å². The Balaban J connectivity index is 1.58. The maximum Gasteiger partial charge on any atom is 0.269 e. The SMILES string of the molecule is CC(=O)c1ccc(N2C(=O)[C@H]3C(c4ccc([N+](=O)[O-])cc4)=NN(c4ccccc4)[C@H]3C2=O)cc1. The lowest BCUT2D eigenvalue weighted by molar-refractivity contribution is -0.384.